The van der Waals surface area contributed by atoms with Gasteiger partial charge in [0.2, 0.25) is 5.82 Å². The summed E-state index contributed by atoms with van der Waals surface area (Å²) < 4.78 is 22.1. The maximum absolute atomic E-state index is 10.8. The second kappa shape index (κ2) is 11.0. The number of nitrogens with two attached hydrogens (primary N) is 1. The van der Waals surface area contributed by atoms with Crippen molar-refractivity contribution < 1.29 is 23.5 Å². The molecule has 2 N–H and O–H groups in total. The second-order valence-corrected chi connectivity index (χ2v) is 7.69. The molecule has 0 aliphatic carbocycles. The number of amides is 1. The molecule has 3 aromatic carbocycles. The molecule has 0 atom stereocenters. The number of benzene rings is 3. The number of rotatable bonds is 10. The van der Waals surface area contributed by atoms with Crippen molar-refractivity contribution in [1.29, 1.82) is 0 Å². The highest BCUT2D eigenvalue weighted by Crippen LogP contribution is 2.25. The Labute approximate surface area is 202 Å². The van der Waals surface area contributed by atoms with Gasteiger partial charge in [-0.1, -0.05) is 29.4 Å². The smallest absolute Gasteiger partial charge is 0.255 e. The minimum atomic E-state index is -0.536. The van der Waals surface area contributed by atoms with Gasteiger partial charge in [0, 0.05) is 17.2 Å². The number of primary amides is 1. The van der Waals surface area contributed by atoms with Crippen LogP contribution in [0.4, 0.5) is 0 Å². The lowest BCUT2D eigenvalue weighted by atomic mass is 10.1. The summed E-state index contributed by atoms with van der Waals surface area (Å²) in [5.41, 5.74) is 8.76. The topological polar surface area (TPSA) is 110 Å². The van der Waals surface area contributed by atoms with Crippen molar-refractivity contribution in [2.45, 2.75) is 13.5 Å². The molecule has 0 radical (unpaired) electrons. The minimum Gasteiger partial charge on any atom is -0.496 e. The number of carbonyl (C=O) groups is 1. The number of methoxy groups -OCH3 is 1. The molecule has 8 heteroatoms. The monoisotopic (exact) mass is 471 g/mol. The van der Waals surface area contributed by atoms with Crippen molar-refractivity contribution in [2.75, 3.05) is 13.7 Å². The molecular formula is C27H25N3O5. The molecule has 178 valence electrons. The first-order valence-corrected chi connectivity index (χ1v) is 10.9. The van der Waals surface area contributed by atoms with Crippen molar-refractivity contribution in [3.8, 4) is 28.6 Å². The van der Waals surface area contributed by atoms with Crippen LogP contribution in [0.15, 0.2) is 71.3 Å². The van der Waals surface area contributed by atoms with Crippen LogP contribution in [0.25, 0.3) is 23.5 Å². The largest absolute Gasteiger partial charge is 0.496 e. The standard InChI is InChI=1S/C27H25N3O5/c1-18-5-3-4-6-23(18)34-16-21-15-19(7-13-24(21)32-2)8-14-26-29-27(30-35-26)20-9-11-22(12-10-20)33-17-25(28)31/h3-15H,16-17H2,1-2H3,(H2,28,31)/b14-8-. The Bertz CT molecular complexity index is 1330. The molecule has 0 unspecified atom stereocenters. The summed E-state index contributed by atoms with van der Waals surface area (Å²) >= 11 is 0. The van der Waals surface area contributed by atoms with E-state index in [4.69, 9.17) is 24.5 Å². The average molecular weight is 472 g/mol. The van der Waals surface area contributed by atoms with E-state index in [1.54, 1.807) is 37.5 Å². The molecule has 1 aromatic heterocycles. The van der Waals surface area contributed by atoms with Gasteiger partial charge in [0.05, 0.1) is 7.11 Å². The van der Waals surface area contributed by atoms with Crippen molar-refractivity contribution in [3.05, 3.63) is 89.3 Å². The van der Waals surface area contributed by atoms with Gasteiger partial charge in [-0.25, -0.2) is 0 Å². The normalized spacial score (nSPS) is 10.9. The van der Waals surface area contributed by atoms with Crippen LogP contribution in [0.5, 0.6) is 17.2 Å². The van der Waals surface area contributed by atoms with Crippen molar-refractivity contribution in [3.63, 3.8) is 0 Å². The molecule has 35 heavy (non-hydrogen) atoms. The van der Waals surface area contributed by atoms with Gasteiger partial charge >= 0.3 is 0 Å². The molecule has 0 saturated carbocycles. The predicted molar refractivity (Wildman–Crippen MR) is 132 cm³/mol. The molecule has 8 nitrogen and oxygen atoms in total. The first-order chi connectivity index (χ1) is 17.0. The highest BCUT2D eigenvalue weighted by Gasteiger charge is 2.09. The maximum Gasteiger partial charge on any atom is 0.255 e. The highest BCUT2D eigenvalue weighted by atomic mass is 16.5. The molecule has 4 aromatic rings. The van der Waals surface area contributed by atoms with Crippen LogP contribution in [-0.4, -0.2) is 29.8 Å². The Morgan fingerprint density at radius 1 is 1.00 bits per heavy atom. The Morgan fingerprint density at radius 2 is 1.80 bits per heavy atom. The molecular weight excluding hydrogens is 446 g/mol. The van der Waals surface area contributed by atoms with Gasteiger partial charge < -0.3 is 24.5 Å². The first kappa shape index (κ1) is 23.6. The van der Waals surface area contributed by atoms with Crippen LogP contribution in [0.1, 0.15) is 22.6 Å². The third kappa shape index (κ3) is 6.26. The van der Waals surface area contributed by atoms with Crippen LogP contribution in [0.3, 0.4) is 0 Å². The van der Waals surface area contributed by atoms with Crippen LogP contribution < -0.4 is 19.9 Å². The third-order valence-electron chi connectivity index (χ3n) is 5.13. The average Bonchev–Trinajstić information content (AvgIpc) is 3.35. The number of carbonyl (C=O) groups excluding carboxylic acids is 1. The van der Waals surface area contributed by atoms with E-state index >= 15 is 0 Å². The van der Waals surface area contributed by atoms with Crippen LogP contribution >= 0.6 is 0 Å². The molecule has 0 aliphatic heterocycles. The van der Waals surface area contributed by atoms with Crippen LogP contribution in [0, 0.1) is 6.92 Å². The van der Waals surface area contributed by atoms with E-state index in [2.05, 4.69) is 10.1 Å². The Balaban J connectivity index is 1.44. The third-order valence-corrected chi connectivity index (χ3v) is 5.13. The molecule has 0 bridgehead atoms. The van der Waals surface area contributed by atoms with E-state index < -0.39 is 5.91 Å². The van der Waals surface area contributed by atoms with Crippen LogP contribution in [0.2, 0.25) is 0 Å². The lowest BCUT2D eigenvalue weighted by molar-refractivity contribution is -0.119. The van der Waals surface area contributed by atoms with E-state index in [1.165, 1.54) is 0 Å². The second-order valence-electron chi connectivity index (χ2n) is 7.69. The number of nitrogens with zero attached hydrogens (tertiary/aromatic N) is 2. The summed E-state index contributed by atoms with van der Waals surface area (Å²) in [5, 5.41) is 4.03. The van der Waals surface area contributed by atoms with Gasteiger partial charge in [-0.3, -0.25) is 4.79 Å². The molecule has 0 aliphatic rings. The predicted octanol–water partition coefficient (Wildman–Crippen LogP) is 4.67. The van der Waals surface area contributed by atoms with Gasteiger partial charge in [-0.15, -0.1) is 0 Å². The summed E-state index contributed by atoms with van der Waals surface area (Å²) in [6.07, 6.45) is 3.63. The van der Waals surface area contributed by atoms with Crippen molar-refractivity contribution in [1.82, 2.24) is 10.1 Å². The molecule has 1 amide bonds. The van der Waals surface area contributed by atoms with E-state index in [0.29, 0.717) is 24.1 Å². The number of ether oxygens (including phenoxy) is 3. The first-order valence-electron chi connectivity index (χ1n) is 10.9. The fourth-order valence-corrected chi connectivity index (χ4v) is 3.33. The number of aryl methyl sites for hydroxylation is 1. The zero-order valence-corrected chi connectivity index (χ0v) is 19.4. The van der Waals surface area contributed by atoms with Gasteiger partial charge in [0.25, 0.3) is 11.8 Å². The Hall–Kier alpha value is -4.59. The zero-order chi connectivity index (χ0) is 24.6. The molecule has 4 rings (SSSR count). The maximum atomic E-state index is 10.8. The summed E-state index contributed by atoms with van der Waals surface area (Å²) in [5.74, 6) is 2.38. The lowest BCUT2D eigenvalue weighted by Crippen LogP contribution is -2.19. The van der Waals surface area contributed by atoms with E-state index in [-0.39, 0.29) is 6.61 Å². The SMILES string of the molecule is COc1ccc(/C=C\c2nc(-c3ccc(OCC(N)=O)cc3)no2)cc1COc1ccccc1C. The van der Waals surface area contributed by atoms with Crippen molar-refractivity contribution in [2.24, 2.45) is 5.73 Å². The van der Waals surface area contributed by atoms with Gasteiger partial charge in [0.15, 0.2) is 6.61 Å². The quantitative estimate of drug-likeness (QED) is 0.358. The fourth-order valence-electron chi connectivity index (χ4n) is 3.33. The number of hydrogen-bond acceptors (Lipinski definition) is 7. The Morgan fingerprint density at radius 3 is 2.54 bits per heavy atom. The number of hydrogen-bond donors (Lipinski definition) is 1. The highest BCUT2D eigenvalue weighted by molar-refractivity contribution is 5.75. The molecule has 1 heterocycles. The fraction of sp³-hybridized carbons (Fsp3) is 0.148. The summed E-state index contributed by atoms with van der Waals surface area (Å²) in [6, 6.07) is 20.7. The van der Waals surface area contributed by atoms with E-state index in [0.717, 1.165) is 33.8 Å². The zero-order valence-electron chi connectivity index (χ0n) is 19.4. The summed E-state index contributed by atoms with van der Waals surface area (Å²) in [4.78, 5) is 15.2. The molecule has 0 spiro atoms. The lowest BCUT2D eigenvalue weighted by Gasteiger charge is -2.12. The summed E-state index contributed by atoms with van der Waals surface area (Å²) in [6.45, 7) is 2.21. The van der Waals surface area contributed by atoms with Gasteiger partial charge in [-0.05, 0) is 66.6 Å². The van der Waals surface area contributed by atoms with E-state index in [9.17, 15) is 4.79 Å². The number of aromatic nitrogens is 2. The Kier molecular flexibility index (Phi) is 7.42. The molecule has 0 saturated heterocycles. The number of para-hydroxylation sites is 1. The molecule has 0 fully saturated rings. The van der Waals surface area contributed by atoms with Gasteiger partial charge in [-0.2, -0.15) is 4.98 Å². The van der Waals surface area contributed by atoms with Gasteiger partial charge in [0.1, 0.15) is 23.9 Å². The van der Waals surface area contributed by atoms with Crippen molar-refractivity contribution >= 4 is 18.1 Å². The van der Waals surface area contributed by atoms with E-state index in [1.807, 2.05) is 55.5 Å². The minimum absolute atomic E-state index is 0.179. The van der Waals surface area contributed by atoms with Crippen LogP contribution in [-0.2, 0) is 11.4 Å². The summed E-state index contributed by atoms with van der Waals surface area (Å²) in [7, 11) is 1.64.